The molecule has 0 amide bonds. The van der Waals surface area contributed by atoms with Crippen molar-refractivity contribution in [2.24, 2.45) is 0 Å². The van der Waals surface area contributed by atoms with Gasteiger partial charge >= 0.3 is 5.97 Å². The van der Waals surface area contributed by atoms with Crippen LogP contribution in [-0.2, 0) is 9.53 Å². The summed E-state index contributed by atoms with van der Waals surface area (Å²) in [5.41, 5.74) is 4.73. The molecule has 4 aromatic rings. The number of ether oxygens (including phenoxy) is 1. The van der Waals surface area contributed by atoms with Crippen LogP contribution in [0, 0.1) is 0 Å². The molecule has 2 heteroatoms. The fraction of sp³-hybridized carbons (Fsp3) is 0.0800. The Morgan fingerprint density at radius 1 is 0.815 bits per heavy atom. The van der Waals surface area contributed by atoms with Crippen molar-refractivity contribution in [1.82, 2.24) is 0 Å². The van der Waals surface area contributed by atoms with Crippen LogP contribution in [0.2, 0.25) is 0 Å². The topological polar surface area (TPSA) is 26.3 Å². The molecular weight excluding hydrogens is 332 g/mol. The van der Waals surface area contributed by atoms with Gasteiger partial charge < -0.3 is 4.74 Å². The van der Waals surface area contributed by atoms with Gasteiger partial charge in [-0.2, -0.15) is 0 Å². The van der Waals surface area contributed by atoms with E-state index in [0.29, 0.717) is 12.2 Å². The summed E-state index contributed by atoms with van der Waals surface area (Å²) >= 11 is 0. The minimum atomic E-state index is -0.260. The third-order valence-electron chi connectivity index (χ3n) is 5.22. The van der Waals surface area contributed by atoms with Crippen molar-refractivity contribution in [2.75, 3.05) is 6.61 Å². The number of hydrogen-bond donors (Lipinski definition) is 0. The Morgan fingerprint density at radius 2 is 1.56 bits per heavy atom. The van der Waals surface area contributed by atoms with Gasteiger partial charge in [-0.05, 0) is 51.2 Å². The highest BCUT2D eigenvalue weighted by molar-refractivity contribution is 6.36. The smallest absolute Gasteiger partial charge is 0.339 e. The molecule has 0 aromatic heterocycles. The molecule has 0 saturated heterocycles. The lowest BCUT2D eigenvalue weighted by Crippen LogP contribution is -2.07. The van der Waals surface area contributed by atoms with Gasteiger partial charge in [0, 0.05) is 5.57 Å². The molecule has 0 heterocycles. The molecule has 1 aliphatic carbocycles. The first-order valence-corrected chi connectivity index (χ1v) is 9.21. The van der Waals surface area contributed by atoms with Gasteiger partial charge in [0.15, 0.2) is 0 Å². The van der Waals surface area contributed by atoms with Crippen LogP contribution < -0.4 is 0 Å². The van der Waals surface area contributed by atoms with Crippen LogP contribution in [0.15, 0.2) is 78.9 Å². The van der Waals surface area contributed by atoms with Crippen LogP contribution in [-0.4, -0.2) is 12.6 Å². The summed E-state index contributed by atoms with van der Waals surface area (Å²) in [6.07, 6.45) is 0. The normalized spacial score (nSPS) is 12.8. The van der Waals surface area contributed by atoms with E-state index in [9.17, 15) is 4.79 Å². The van der Waals surface area contributed by atoms with Gasteiger partial charge in [-0.25, -0.2) is 4.79 Å². The predicted octanol–water partition coefficient (Wildman–Crippen LogP) is 5.83. The summed E-state index contributed by atoms with van der Waals surface area (Å²) in [4.78, 5) is 13.0. The maximum Gasteiger partial charge on any atom is 0.339 e. The van der Waals surface area contributed by atoms with Gasteiger partial charge in [0.2, 0.25) is 0 Å². The van der Waals surface area contributed by atoms with Gasteiger partial charge in [-0.3, -0.25) is 0 Å². The van der Waals surface area contributed by atoms with E-state index in [1.807, 2.05) is 37.3 Å². The molecule has 1 aliphatic rings. The highest BCUT2D eigenvalue weighted by Crippen LogP contribution is 2.47. The lowest BCUT2D eigenvalue weighted by molar-refractivity contribution is -0.136. The maximum absolute atomic E-state index is 13.0. The van der Waals surface area contributed by atoms with Crippen LogP contribution in [0.5, 0.6) is 0 Å². The largest absolute Gasteiger partial charge is 0.462 e. The van der Waals surface area contributed by atoms with Crippen molar-refractivity contribution in [3.8, 4) is 0 Å². The van der Waals surface area contributed by atoms with Gasteiger partial charge in [0.1, 0.15) is 0 Å². The standard InChI is InChI=1S/C25H18O2/c1-2-27-25(26)24-20-14-8-13-19-18-12-7-6-11-17(18)15-21(23(19)20)22(24)16-9-4-3-5-10-16/h3-15H,2H2,1H3. The average Bonchev–Trinajstić information content (AvgIpc) is 3.04. The van der Waals surface area contributed by atoms with Crippen molar-refractivity contribution in [3.05, 3.63) is 95.6 Å². The molecule has 130 valence electrons. The van der Waals surface area contributed by atoms with Gasteiger partial charge in [0.05, 0.1) is 12.2 Å². The van der Waals surface area contributed by atoms with Crippen LogP contribution in [0.1, 0.15) is 23.6 Å². The molecule has 0 radical (unpaired) electrons. The second kappa shape index (κ2) is 6.10. The van der Waals surface area contributed by atoms with Crippen molar-refractivity contribution in [2.45, 2.75) is 6.92 Å². The zero-order chi connectivity index (χ0) is 18.4. The highest BCUT2D eigenvalue weighted by Gasteiger charge is 2.30. The molecular formula is C25H18O2. The lowest BCUT2D eigenvalue weighted by atomic mass is 9.93. The molecule has 0 unspecified atom stereocenters. The molecule has 0 atom stereocenters. The van der Waals surface area contributed by atoms with E-state index in [4.69, 9.17) is 4.74 Å². The van der Waals surface area contributed by atoms with E-state index in [1.54, 1.807) is 0 Å². The van der Waals surface area contributed by atoms with E-state index < -0.39 is 0 Å². The number of carbonyl (C=O) groups is 1. The number of rotatable bonds is 3. The number of hydrogen-bond acceptors (Lipinski definition) is 2. The second-order valence-corrected chi connectivity index (χ2v) is 6.71. The quantitative estimate of drug-likeness (QED) is 0.343. The highest BCUT2D eigenvalue weighted by atomic mass is 16.5. The molecule has 27 heavy (non-hydrogen) atoms. The molecule has 0 spiro atoms. The first kappa shape index (κ1) is 15.8. The minimum absolute atomic E-state index is 0.260. The summed E-state index contributed by atoms with van der Waals surface area (Å²) in [7, 11) is 0. The van der Waals surface area contributed by atoms with Gasteiger partial charge in [-0.1, -0.05) is 72.8 Å². The predicted molar refractivity (Wildman–Crippen MR) is 110 cm³/mol. The summed E-state index contributed by atoms with van der Waals surface area (Å²) in [6.45, 7) is 2.20. The molecule has 0 aliphatic heterocycles. The Kier molecular flexibility index (Phi) is 3.58. The van der Waals surface area contributed by atoms with Crippen molar-refractivity contribution in [3.63, 3.8) is 0 Å². The Bertz CT molecular complexity index is 1230. The molecule has 0 bridgehead atoms. The summed E-state index contributed by atoms with van der Waals surface area (Å²) in [6, 6.07) is 26.9. The molecule has 0 N–H and O–H groups in total. The van der Waals surface area contributed by atoms with Gasteiger partial charge in [-0.15, -0.1) is 0 Å². The van der Waals surface area contributed by atoms with Crippen LogP contribution in [0.3, 0.4) is 0 Å². The third kappa shape index (κ3) is 2.30. The number of fused-ring (bicyclic) bond motifs is 2. The van der Waals surface area contributed by atoms with Gasteiger partial charge in [0.25, 0.3) is 0 Å². The Hall–Kier alpha value is -3.39. The first-order valence-electron chi connectivity index (χ1n) is 9.21. The summed E-state index contributed by atoms with van der Waals surface area (Å²) in [5.74, 6) is -0.260. The molecule has 0 saturated carbocycles. The van der Waals surface area contributed by atoms with E-state index in [-0.39, 0.29) is 5.97 Å². The van der Waals surface area contributed by atoms with Crippen molar-refractivity contribution < 1.29 is 9.53 Å². The van der Waals surface area contributed by atoms with E-state index in [2.05, 4.69) is 48.5 Å². The number of esters is 1. The SMILES string of the molecule is CCOC(=O)C1=C(c2ccccc2)c2cc3ccccc3c3cccc1c23. The summed E-state index contributed by atoms with van der Waals surface area (Å²) in [5, 5.41) is 4.69. The Labute approximate surface area is 157 Å². The number of benzene rings is 4. The fourth-order valence-electron chi connectivity index (χ4n) is 4.16. The third-order valence-corrected chi connectivity index (χ3v) is 5.22. The van der Waals surface area contributed by atoms with Crippen molar-refractivity contribution in [1.29, 1.82) is 0 Å². The van der Waals surface area contributed by atoms with Crippen LogP contribution in [0.4, 0.5) is 0 Å². The first-order chi connectivity index (χ1) is 13.3. The second-order valence-electron chi connectivity index (χ2n) is 6.71. The molecule has 2 nitrogen and oxygen atoms in total. The molecule has 0 fully saturated rings. The zero-order valence-corrected chi connectivity index (χ0v) is 15.0. The van der Waals surface area contributed by atoms with Crippen LogP contribution in [0.25, 0.3) is 32.7 Å². The van der Waals surface area contributed by atoms with E-state index in [0.717, 1.165) is 27.6 Å². The van der Waals surface area contributed by atoms with E-state index >= 15 is 0 Å². The van der Waals surface area contributed by atoms with E-state index in [1.165, 1.54) is 16.2 Å². The Morgan fingerprint density at radius 3 is 2.37 bits per heavy atom. The monoisotopic (exact) mass is 350 g/mol. The molecule has 4 aromatic carbocycles. The lowest BCUT2D eigenvalue weighted by Gasteiger charge is -2.10. The zero-order valence-electron chi connectivity index (χ0n) is 15.0. The maximum atomic E-state index is 13.0. The van der Waals surface area contributed by atoms with Crippen LogP contribution >= 0.6 is 0 Å². The van der Waals surface area contributed by atoms with Crippen molar-refractivity contribution >= 4 is 38.7 Å². The molecule has 5 rings (SSSR count). The Balaban J connectivity index is 1.93. The minimum Gasteiger partial charge on any atom is -0.462 e. The average molecular weight is 350 g/mol. The fourth-order valence-corrected chi connectivity index (χ4v) is 4.16. The summed E-state index contributed by atoms with van der Waals surface area (Å²) < 4.78 is 5.44. The number of carbonyl (C=O) groups excluding carboxylic acids is 1.